The largest absolute Gasteiger partial charge is 0.496 e. The number of piperazine rings is 1. The Morgan fingerprint density at radius 1 is 1.18 bits per heavy atom. The maximum atomic E-state index is 14.0. The fourth-order valence-electron chi connectivity index (χ4n) is 4.13. The fourth-order valence-corrected chi connectivity index (χ4v) is 4.13. The van der Waals surface area contributed by atoms with Crippen LogP contribution in [0.2, 0.25) is 0 Å². The van der Waals surface area contributed by atoms with E-state index in [0.717, 1.165) is 0 Å². The van der Waals surface area contributed by atoms with Crippen molar-refractivity contribution < 1.29 is 27.4 Å². The standard InChI is InChI=1S/C20H29F4N2O2/c1-13-9-26(10-14(2)25-13)12-19(27,20(22,23)24)11-18(3,4)16-8-15(21)6-7-17(16)28-5/h6-8,13-14,27H,9-12H2,1-5H3. The number of ether oxygens (including phenoxy) is 1. The van der Waals surface area contributed by atoms with E-state index in [1.54, 1.807) is 18.7 Å². The molecule has 1 aromatic carbocycles. The Balaban J connectivity index is 2.34. The lowest BCUT2D eigenvalue weighted by atomic mass is 9.74. The van der Waals surface area contributed by atoms with E-state index < -0.39 is 36.0 Å². The average Bonchev–Trinajstić information content (AvgIpc) is 2.52. The van der Waals surface area contributed by atoms with Crippen molar-refractivity contribution in [3.8, 4) is 5.75 Å². The number of hydrogen-bond acceptors (Lipinski definition) is 3. The van der Waals surface area contributed by atoms with Crippen molar-refractivity contribution in [2.45, 2.75) is 63.4 Å². The first-order valence-electron chi connectivity index (χ1n) is 9.33. The van der Waals surface area contributed by atoms with Gasteiger partial charge >= 0.3 is 6.18 Å². The molecule has 0 aliphatic carbocycles. The molecule has 0 bridgehead atoms. The van der Waals surface area contributed by atoms with Gasteiger partial charge in [-0.3, -0.25) is 4.90 Å². The van der Waals surface area contributed by atoms with Gasteiger partial charge in [0.25, 0.3) is 0 Å². The molecule has 1 fully saturated rings. The van der Waals surface area contributed by atoms with Gasteiger partial charge in [-0.25, -0.2) is 9.71 Å². The molecule has 1 aromatic rings. The topological polar surface area (TPSA) is 46.8 Å². The summed E-state index contributed by atoms with van der Waals surface area (Å²) in [7, 11) is 1.38. The van der Waals surface area contributed by atoms with Crippen molar-refractivity contribution in [3.63, 3.8) is 0 Å². The number of hydrogen-bond donors (Lipinski definition) is 1. The molecule has 1 radical (unpaired) electrons. The van der Waals surface area contributed by atoms with Gasteiger partial charge in [0.15, 0.2) is 5.60 Å². The van der Waals surface area contributed by atoms with E-state index in [1.807, 2.05) is 13.8 Å². The van der Waals surface area contributed by atoms with E-state index >= 15 is 0 Å². The van der Waals surface area contributed by atoms with E-state index in [-0.39, 0.29) is 23.4 Å². The Kier molecular flexibility index (Phi) is 6.68. The van der Waals surface area contributed by atoms with E-state index in [0.29, 0.717) is 13.1 Å². The second-order valence-electron chi connectivity index (χ2n) is 8.48. The van der Waals surface area contributed by atoms with Crippen LogP contribution >= 0.6 is 0 Å². The van der Waals surface area contributed by atoms with Crippen LogP contribution in [0.1, 0.15) is 39.7 Å². The quantitative estimate of drug-likeness (QED) is 0.737. The van der Waals surface area contributed by atoms with Crippen LogP contribution in [0.4, 0.5) is 17.6 Å². The predicted octanol–water partition coefficient (Wildman–Crippen LogP) is 3.49. The minimum Gasteiger partial charge on any atom is -0.496 e. The van der Waals surface area contributed by atoms with Gasteiger partial charge in [-0.2, -0.15) is 13.2 Å². The summed E-state index contributed by atoms with van der Waals surface area (Å²) in [6, 6.07) is 3.54. The van der Waals surface area contributed by atoms with E-state index in [2.05, 4.69) is 5.32 Å². The second kappa shape index (κ2) is 8.16. The highest BCUT2D eigenvalue weighted by Gasteiger charge is 2.57. The number of alkyl halides is 3. The molecule has 0 spiro atoms. The predicted molar refractivity (Wildman–Crippen MR) is 99.1 cm³/mol. The minimum absolute atomic E-state index is 0.0995. The molecule has 1 heterocycles. The number of rotatable bonds is 6. The first-order chi connectivity index (χ1) is 12.8. The summed E-state index contributed by atoms with van der Waals surface area (Å²) in [4.78, 5) is 1.61. The summed E-state index contributed by atoms with van der Waals surface area (Å²) in [6.07, 6.45) is -5.47. The second-order valence-corrected chi connectivity index (χ2v) is 8.48. The van der Waals surface area contributed by atoms with E-state index in [1.165, 1.54) is 25.3 Å². The fraction of sp³-hybridized carbons (Fsp3) is 0.700. The smallest absolute Gasteiger partial charge is 0.418 e. The highest BCUT2D eigenvalue weighted by atomic mass is 19.4. The highest BCUT2D eigenvalue weighted by molar-refractivity contribution is 5.39. The molecule has 3 atom stereocenters. The molecule has 159 valence electrons. The molecule has 28 heavy (non-hydrogen) atoms. The average molecular weight is 405 g/mol. The zero-order chi connectivity index (χ0) is 21.3. The van der Waals surface area contributed by atoms with Crippen LogP contribution in [0.15, 0.2) is 18.2 Å². The molecule has 0 amide bonds. The molecule has 2 rings (SSSR count). The van der Waals surface area contributed by atoms with Crippen LogP contribution in [0.5, 0.6) is 5.75 Å². The number of methoxy groups -OCH3 is 1. The van der Waals surface area contributed by atoms with Gasteiger partial charge in [0.2, 0.25) is 0 Å². The minimum atomic E-state index is -4.84. The molecular formula is C20H29F4N2O2. The van der Waals surface area contributed by atoms with Crippen molar-refractivity contribution in [1.82, 2.24) is 10.2 Å². The monoisotopic (exact) mass is 405 g/mol. The Bertz CT molecular complexity index is 671. The van der Waals surface area contributed by atoms with Crippen LogP contribution in [0.3, 0.4) is 0 Å². The summed E-state index contributed by atoms with van der Waals surface area (Å²) in [6.45, 7) is 6.95. The lowest BCUT2D eigenvalue weighted by Crippen LogP contribution is -2.60. The first-order valence-corrected chi connectivity index (χ1v) is 9.33. The van der Waals surface area contributed by atoms with E-state index in [4.69, 9.17) is 4.74 Å². The summed E-state index contributed by atoms with van der Waals surface area (Å²) in [5.41, 5.74) is -3.85. The third-order valence-electron chi connectivity index (χ3n) is 5.19. The Morgan fingerprint density at radius 3 is 2.25 bits per heavy atom. The lowest BCUT2D eigenvalue weighted by molar-refractivity contribution is -0.272. The first kappa shape index (κ1) is 22.9. The molecule has 1 aliphatic heterocycles. The summed E-state index contributed by atoms with van der Waals surface area (Å²) >= 11 is 0. The molecule has 8 heteroatoms. The van der Waals surface area contributed by atoms with Crippen LogP contribution in [-0.4, -0.2) is 60.6 Å². The number of halogens is 4. The van der Waals surface area contributed by atoms with Crippen LogP contribution in [0, 0.1) is 5.82 Å². The molecule has 0 aromatic heterocycles. The molecule has 3 unspecified atom stereocenters. The van der Waals surface area contributed by atoms with Crippen molar-refractivity contribution in [1.29, 1.82) is 0 Å². The normalized spacial score (nSPS) is 24.1. The van der Waals surface area contributed by atoms with Gasteiger partial charge in [0.05, 0.1) is 7.11 Å². The number of β-amino-alcohol motifs (C(OH)–C–C–N with tert-alkyl or cyclic N) is 1. The number of aliphatic hydroxyl groups is 1. The SMILES string of the molecule is COc1ccc(F)cc1C(C)(C)CC(O)(CN1CC(C)[N]C(C)C1)C(F)(F)F. The van der Waals surface area contributed by atoms with Crippen molar-refractivity contribution in [2.24, 2.45) is 0 Å². The Hall–Kier alpha value is -1.38. The zero-order valence-corrected chi connectivity index (χ0v) is 17.0. The Morgan fingerprint density at radius 2 is 1.75 bits per heavy atom. The molecule has 1 aliphatic rings. The zero-order valence-electron chi connectivity index (χ0n) is 17.0. The van der Waals surface area contributed by atoms with Gasteiger partial charge in [-0.1, -0.05) is 13.8 Å². The Labute approximate surface area is 163 Å². The van der Waals surface area contributed by atoms with Crippen molar-refractivity contribution in [3.05, 3.63) is 29.6 Å². The van der Waals surface area contributed by atoms with Gasteiger partial charge < -0.3 is 9.84 Å². The highest BCUT2D eigenvalue weighted by Crippen LogP contribution is 2.44. The maximum Gasteiger partial charge on any atom is 0.418 e. The van der Waals surface area contributed by atoms with Crippen LogP contribution in [0.25, 0.3) is 0 Å². The van der Waals surface area contributed by atoms with Crippen molar-refractivity contribution >= 4 is 0 Å². The molecule has 0 saturated carbocycles. The summed E-state index contributed by atoms with van der Waals surface area (Å²) in [5, 5.41) is 15.2. The summed E-state index contributed by atoms with van der Waals surface area (Å²) in [5.74, 6) is -0.283. The van der Waals surface area contributed by atoms with Gasteiger partial charge in [-0.05, 0) is 43.9 Å². The lowest BCUT2D eigenvalue weighted by Gasteiger charge is -2.43. The summed E-state index contributed by atoms with van der Waals surface area (Å²) < 4.78 is 60.9. The third-order valence-corrected chi connectivity index (χ3v) is 5.19. The van der Waals surface area contributed by atoms with E-state index in [9.17, 15) is 22.7 Å². The van der Waals surface area contributed by atoms with Gasteiger partial charge in [0.1, 0.15) is 11.6 Å². The molecular weight excluding hydrogens is 376 g/mol. The number of benzene rings is 1. The molecule has 1 saturated heterocycles. The van der Waals surface area contributed by atoms with Crippen LogP contribution < -0.4 is 10.1 Å². The maximum absolute atomic E-state index is 14.0. The van der Waals surface area contributed by atoms with Crippen LogP contribution in [-0.2, 0) is 5.41 Å². The van der Waals surface area contributed by atoms with Gasteiger partial charge in [0, 0.05) is 37.3 Å². The molecule has 4 nitrogen and oxygen atoms in total. The third kappa shape index (κ3) is 5.15. The molecule has 1 N–H and O–H groups in total. The van der Waals surface area contributed by atoms with Gasteiger partial charge in [-0.15, -0.1) is 0 Å². The van der Waals surface area contributed by atoms with Crippen molar-refractivity contribution in [2.75, 3.05) is 26.7 Å². The number of nitrogens with zero attached hydrogens (tertiary/aromatic N) is 2.